The van der Waals surface area contributed by atoms with Gasteiger partial charge in [-0.05, 0) is 18.6 Å². The van der Waals surface area contributed by atoms with Crippen molar-refractivity contribution in [1.29, 1.82) is 0 Å². The highest BCUT2D eigenvalue weighted by atomic mass is 15.3. The molecular weight excluding hydrogens is 276 g/mol. The molecule has 1 aromatic carbocycles. The lowest BCUT2D eigenvalue weighted by molar-refractivity contribution is 0.819. The van der Waals surface area contributed by atoms with E-state index in [0.717, 1.165) is 36.0 Å². The van der Waals surface area contributed by atoms with E-state index in [1.54, 1.807) is 12.4 Å². The first-order valence-electron chi connectivity index (χ1n) is 7.41. The summed E-state index contributed by atoms with van der Waals surface area (Å²) in [5.41, 5.74) is 1.81. The van der Waals surface area contributed by atoms with Crippen molar-refractivity contribution >= 4 is 28.4 Å². The van der Waals surface area contributed by atoms with E-state index < -0.39 is 0 Å². The zero-order chi connectivity index (χ0) is 15.2. The number of para-hydroxylation sites is 1. The topological polar surface area (TPSA) is 75.6 Å². The molecule has 22 heavy (non-hydrogen) atoms. The van der Waals surface area contributed by atoms with E-state index in [1.165, 1.54) is 0 Å². The Morgan fingerprint density at radius 1 is 1.14 bits per heavy atom. The van der Waals surface area contributed by atoms with E-state index in [1.807, 2.05) is 30.3 Å². The maximum atomic E-state index is 4.42. The molecule has 0 aliphatic carbocycles. The van der Waals surface area contributed by atoms with Crippen molar-refractivity contribution in [3.8, 4) is 0 Å². The summed E-state index contributed by atoms with van der Waals surface area (Å²) in [6, 6.07) is 9.95. The zero-order valence-electron chi connectivity index (χ0n) is 12.5. The van der Waals surface area contributed by atoms with Crippen LogP contribution in [0.15, 0.2) is 42.7 Å². The molecule has 0 amide bonds. The van der Waals surface area contributed by atoms with Crippen molar-refractivity contribution < 1.29 is 0 Å². The van der Waals surface area contributed by atoms with Gasteiger partial charge < -0.3 is 10.6 Å². The van der Waals surface area contributed by atoms with Gasteiger partial charge in [0.25, 0.3) is 0 Å². The molecule has 0 spiro atoms. The Hall–Kier alpha value is -2.76. The molecular formula is C16H18N6. The van der Waals surface area contributed by atoms with Gasteiger partial charge in [-0.3, -0.25) is 4.98 Å². The molecule has 0 bridgehead atoms. The molecule has 3 aromatic rings. The van der Waals surface area contributed by atoms with Gasteiger partial charge in [-0.25, -0.2) is 0 Å². The number of aromatic nitrogens is 4. The van der Waals surface area contributed by atoms with Crippen LogP contribution in [-0.4, -0.2) is 26.7 Å². The highest BCUT2D eigenvalue weighted by Gasteiger charge is 2.04. The lowest BCUT2D eigenvalue weighted by Crippen LogP contribution is -2.07. The molecule has 3 rings (SSSR count). The van der Waals surface area contributed by atoms with Crippen LogP contribution in [0.25, 0.3) is 10.9 Å². The fourth-order valence-corrected chi connectivity index (χ4v) is 2.16. The van der Waals surface area contributed by atoms with Gasteiger partial charge in [0, 0.05) is 18.1 Å². The molecule has 0 aliphatic heterocycles. The third-order valence-corrected chi connectivity index (χ3v) is 3.27. The van der Waals surface area contributed by atoms with Gasteiger partial charge in [0.1, 0.15) is 0 Å². The van der Waals surface area contributed by atoms with E-state index in [2.05, 4.69) is 37.7 Å². The summed E-state index contributed by atoms with van der Waals surface area (Å²) in [5.74, 6) is 1.18. The molecule has 6 heteroatoms. The van der Waals surface area contributed by atoms with E-state index in [9.17, 15) is 0 Å². The Balaban J connectivity index is 1.81. The van der Waals surface area contributed by atoms with Crippen molar-refractivity contribution in [2.45, 2.75) is 19.8 Å². The first-order valence-corrected chi connectivity index (χ1v) is 7.41. The normalized spacial score (nSPS) is 10.6. The van der Waals surface area contributed by atoms with Crippen LogP contribution in [-0.2, 0) is 0 Å². The van der Waals surface area contributed by atoms with Gasteiger partial charge in [0.15, 0.2) is 5.82 Å². The van der Waals surface area contributed by atoms with Gasteiger partial charge in [0.2, 0.25) is 5.95 Å². The Bertz CT molecular complexity index is 753. The fraction of sp³-hybridized carbons (Fsp3) is 0.250. The molecule has 2 heterocycles. The molecule has 112 valence electrons. The van der Waals surface area contributed by atoms with Crippen molar-refractivity contribution in [2.24, 2.45) is 0 Å². The third kappa shape index (κ3) is 3.28. The van der Waals surface area contributed by atoms with Crippen LogP contribution < -0.4 is 10.6 Å². The predicted octanol–water partition coefficient (Wildman–Crippen LogP) is 3.38. The van der Waals surface area contributed by atoms with Crippen molar-refractivity contribution in [2.75, 3.05) is 17.2 Å². The average molecular weight is 294 g/mol. The van der Waals surface area contributed by atoms with E-state index >= 15 is 0 Å². The summed E-state index contributed by atoms with van der Waals surface area (Å²) in [6.45, 7) is 2.99. The number of pyridine rings is 1. The number of fused-ring (bicyclic) bond motifs is 1. The number of unbranched alkanes of at least 4 members (excludes halogenated alkanes) is 1. The van der Waals surface area contributed by atoms with Crippen LogP contribution in [0.3, 0.4) is 0 Å². The van der Waals surface area contributed by atoms with Gasteiger partial charge >= 0.3 is 0 Å². The molecule has 0 saturated heterocycles. The lowest BCUT2D eigenvalue weighted by atomic mass is 10.2. The van der Waals surface area contributed by atoms with E-state index in [4.69, 9.17) is 0 Å². The lowest BCUT2D eigenvalue weighted by Gasteiger charge is -2.09. The van der Waals surface area contributed by atoms with Crippen LogP contribution in [0, 0.1) is 0 Å². The molecule has 2 aromatic heterocycles. The summed E-state index contributed by atoms with van der Waals surface area (Å²) in [5, 5.41) is 15.5. The number of nitrogens with one attached hydrogen (secondary N) is 2. The number of nitrogens with zero attached hydrogens (tertiary/aromatic N) is 4. The Morgan fingerprint density at radius 3 is 2.95 bits per heavy atom. The second-order valence-corrected chi connectivity index (χ2v) is 4.95. The van der Waals surface area contributed by atoms with Crippen LogP contribution in [0.1, 0.15) is 19.8 Å². The Labute approximate surface area is 129 Å². The molecule has 0 aliphatic rings. The van der Waals surface area contributed by atoms with Gasteiger partial charge in [-0.2, -0.15) is 10.1 Å². The zero-order valence-corrected chi connectivity index (χ0v) is 12.5. The van der Waals surface area contributed by atoms with Gasteiger partial charge in [-0.1, -0.05) is 31.5 Å². The maximum Gasteiger partial charge on any atom is 0.244 e. The SMILES string of the molecule is CCCCNc1nncc(Nc2cccc3cccnc23)n1. The smallest absolute Gasteiger partial charge is 0.244 e. The van der Waals surface area contributed by atoms with Crippen LogP contribution in [0.2, 0.25) is 0 Å². The predicted molar refractivity (Wildman–Crippen MR) is 88.3 cm³/mol. The van der Waals surface area contributed by atoms with Crippen molar-refractivity contribution in [1.82, 2.24) is 20.2 Å². The second-order valence-electron chi connectivity index (χ2n) is 4.95. The first kappa shape index (κ1) is 14.2. The van der Waals surface area contributed by atoms with Crippen LogP contribution in [0.4, 0.5) is 17.5 Å². The quantitative estimate of drug-likeness (QED) is 0.679. The van der Waals surface area contributed by atoms with Crippen molar-refractivity contribution in [3.05, 3.63) is 42.7 Å². The summed E-state index contributed by atoms with van der Waals surface area (Å²) in [4.78, 5) is 8.84. The van der Waals surface area contributed by atoms with Gasteiger partial charge in [0.05, 0.1) is 17.4 Å². The van der Waals surface area contributed by atoms with E-state index in [0.29, 0.717) is 11.8 Å². The van der Waals surface area contributed by atoms with Crippen LogP contribution in [0.5, 0.6) is 0 Å². The molecule has 0 unspecified atom stereocenters. The highest BCUT2D eigenvalue weighted by molar-refractivity contribution is 5.91. The molecule has 0 fully saturated rings. The fourth-order valence-electron chi connectivity index (χ4n) is 2.16. The summed E-state index contributed by atoms with van der Waals surface area (Å²) in [6.07, 6.45) is 5.59. The minimum Gasteiger partial charge on any atom is -0.353 e. The minimum absolute atomic E-state index is 0.534. The van der Waals surface area contributed by atoms with E-state index in [-0.39, 0.29) is 0 Å². The first-order chi connectivity index (χ1) is 10.9. The average Bonchev–Trinajstić information content (AvgIpc) is 2.56. The molecule has 0 radical (unpaired) electrons. The Kier molecular flexibility index (Phi) is 4.38. The number of benzene rings is 1. The minimum atomic E-state index is 0.534. The molecule has 0 atom stereocenters. The number of rotatable bonds is 6. The highest BCUT2D eigenvalue weighted by Crippen LogP contribution is 2.23. The monoisotopic (exact) mass is 294 g/mol. The molecule has 0 saturated carbocycles. The van der Waals surface area contributed by atoms with Crippen LogP contribution >= 0.6 is 0 Å². The second kappa shape index (κ2) is 6.80. The standard InChI is InChI=1S/C16H18N6/c1-2-3-9-18-16-21-14(11-19-22-16)20-13-8-4-6-12-7-5-10-17-15(12)13/h4-8,10-11H,2-3,9H2,1H3,(H2,18,20,21,22). The number of anilines is 3. The summed E-state index contributed by atoms with van der Waals surface area (Å²) < 4.78 is 0. The molecule has 6 nitrogen and oxygen atoms in total. The third-order valence-electron chi connectivity index (χ3n) is 3.27. The van der Waals surface area contributed by atoms with Crippen molar-refractivity contribution in [3.63, 3.8) is 0 Å². The summed E-state index contributed by atoms with van der Waals surface area (Å²) in [7, 11) is 0. The maximum absolute atomic E-state index is 4.42. The summed E-state index contributed by atoms with van der Waals surface area (Å²) >= 11 is 0. The Morgan fingerprint density at radius 2 is 2.05 bits per heavy atom. The number of hydrogen-bond acceptors (Lipinski definition) is 6. The number of hydrogen-bond donors (Lipinski definition) is 2. The largest absolute Gasteiger partial charge is 0.353 e. The van der Waals surface area contributed by atoms with Gasteiger partial charge in [-0.15, -0.1) is 5.10 Å². The molecule has 2 N–H and O–H groups in total.